The molecule has 2 aromatic rings. The van der Waals surface area contributed by atoms with E-state index in [9.17, 15) is 4.79 Å². The molecule has 3 nitrogen and oxygen atoms in total. The summed E-state index contributed by atoms with van der Waals surface area (Å²) in [5.74, 6) is -0.0192. The molecule has 0 unspecified atom stereocenters. The second-order valence-corrected chi connectivity index (χ2v) is 7.10. The number of carbonyl (C=O) groups excluding carboxylic acids is 1. The summed E-state index contributed by atoms with van der Waals surface area (Å²) in [6.07, 6.45) is 2.68. The van der Waals surface area contributed by atoms with E-state index in [2.05, 4.69) is 37.5 Å². The van der Waals surface area contributed by atoms with Crippen LogP contribution >= 0.6 is 11.6 Å². The zero-order valence-electron chi connectivity index (χ0n) is 16.2. The number of carbonyl (C=O) groups is 1. The van der Waals surface area contributed by atoms with E-state index in [1.54, 1.807) is 0 Å². The summed E-state index contributed by atoms with van der Waals surface area (Å²) in [6.45, 7) is 8.67. The van der Waals surface area contributed by atoms with Gasteiger partial charge in [-0.05, 0) is 55.0 Å². The highest BCUT2D eigenvalue weighted by Gasteiger charge is 2.28. The fourth-order valence-corrected chi connectivity index (χ4v) is 3.54. The average Bonchev–Trinajstić information content (AvgIpc) is 2.65. The van der Waals surface area contributed by atoms with E-state index in [1.165, 1.54) is 0 Å². The number of hydrogen-bond donors (Lipinski definition) is 2. The van der Waals surface area contributed by atoms with Crippen LogP contribution in [0.2, 0.25) is 5.02 Å². The highest BCUT2D eigenvalue weighted by atomic mass is 35.5. The lowest BCUT2D eigenvalue weighted by Crippen LogP contribution is -2.45. The minimum atomic E-state index is -0.235. The Hall–Kier alpha value is -1.84. The Labute approximate surface area is 162 Å². The van der Waals surface area contributed by atoms with Crippen LogP contribution in [0, 0.1) is 6.92 Å². The van der Waals surface area contributed by atoms with Crippen LogP contribution in [0.1, 0.15) is 50.3 Å². The highest BCUT2D eigenvalue weighted by molar-refractivity contribution is 6.30. The third kappa shape index (κ3) is 4.66. The van der Waals surface area contributed by atoms with Crippen molar-refractivity contribution in [1.82, 2.24) is 5.32 Å². The van der Waals surface area contributed by atoms with E-state index >= 15 is 0 Å². The minimum absolute atomic E-state index is 0.0192. The first kappa shape index (κ1) is 20.5. The van der Waals surface area contributed by atoms with Crippen LogP contribution in [0.3, 0.4) is 0 Å². The van der Waals surface area contributed by atoms with Crippen molar-refractivity contribution in [1.29, 1.82) is 0 Å². The van der Waals surface area contributed by atoms with Crippen LogP contribution in [-0.4, -0.2) is 12.5 Å². The molecule has 0 aromatic heterocycles. The van der Waals surface area contributed by atoms with Gasteiger partial charge in [-0.3, -0.25) is 10.1 Å². The molecule has 2 rings (SSSR count). The Morgan fingerprint density at radius 2 is 1.69 bits per heavy atom. The van der Waals surface area contributed by atoms with Crippen molar-refractivity contribution in [2.45, 2.75) is 52.5 Å². The molecule has 2 N–H and O–H groups in total. The summed E-state index contributed by atoms with van der Waals surface area (Å²) >= 11 is 6.02. The number of anilines is 1. The average molecular weight is 373 g/mol. The van der Waals surface area contributed by atoms with E-state index in [1.807, 2.05) is 43.3 Å². The molecule has 0 fully saturated rings. The SMILES string of the molecule is CCc1cccc(C)c1NC(=O)CNC(CC)(CC)c1ccc(Cl)cc1. The van der Waals surface area contributed by atoms with Crippen molar-refractivity contribution in [3.05, 3.63) is 64.2 Å². The predicted octanol–water partition coefficient (Wildman–Crippen LogP) is 5.45. The third-order valence-corrected chi connectivity index (χ3v) is 5.45. The standard InChI is InChI=1S/C22H29ClN2O/c1-5-17-10-8-9-16(4)21(17)25-20(26)15-24-22(6-2,7-3)18-11-13-19(23)14-12-18/h8-14,24H,5-7,15H2,1-4H3,(H,25,26). The second kappa shape index (κ2) is 9.20. The maximum absolute atomic E-state index is 12.6. The quantitative estimate of drug-likeness (QED) is 0.646. The van der Waals surface area contributed by atoms with E-state index < -0.39 is 0 Å². The molecule has 0 aliphatic rings. The number of amides is 1. The van der Waals surface area contributed by atoms with Gasteiger partial charge in [-0.15, -0.1) is 0 Å². The Kier molecular flexibility index (Phi) is 7.24. The Bertz CT molecular complexity index is 736. The molecule has 4 heteroatoms. The fraction of sp³-hybridized carbons (Fsp3) is 0.409. The van der Waals surface area contributed by atoms with E-state index in [0.29, 0.717) is 0 Å². The van der Waals surface area contributed by atoms with Gasteiger partial charge in [-0.1, -0.05) is 62.7 Å². The Morgan fingerprint density at radius 3 is 2.27 bits per heavy atom. The van der Waals surface area contributed by atoms with Gasteiger partial charge in [0.25, 0.3) is 0 Å². The number of halogens is 1. The van der Waals surface area contributed by atoms with Crippen LogP contribution in [0.25, 0.3) is 0 Å². The van der Waals surface area contributed by atoms with Gasteiger partial charge < -0.3 is 5.32 Å². The lowest BCUT2D eigenvalue weighted by Gasteiger charge is -2.33. The molecular formula is C22H29ClN2O. The molecule has 0 aliphatic heterocycles. The lowest BCUT2D eigenvalue weighted by atomic mass is 9.84. The summed E-state index contributed by atoms with van der Waals surface area (Å²) in [7, 11) is 0. The summed E-state index contributed by atoms with van der Waals surface area (Å²) < 4.78 is 0. The maximum Gasteiger partial charge on any atom is 0.238 e. The summed E-state index contributed by atoms with van der Waals surface area (Å²) in [5, 5.41) is 7.30. The van der Waals surface area contributed by atoms with Crippen LogP contribution in [0.4, 0.5) is 5.69 Å². The Balaban J connectivity index is 2.12. The molecule has 0 bridgehead atoms. The molecule has 0 radical (unpaired) electrons. The van der Waals surface area contributed by atoms with E-state index in [0.717, 1.165) is 46.7 Å². The molecule has 0 atom stereocenters. The van der Waals surface area contributed by atoms with Crippen molar-refractivity contribution in [3.8, 4) is 0 Å². The zero-order valence-corrected chi connectivity index (χ0v) is 16.9. The molecule has 2 aromatic carbocycles. The second-order valence-electron chi connectivity index (χ2n) is 6.66. The van der Waals surface area contributed by atoms with Crippen LogP contribution < -0.4 is 10.6 Å². The van der Waals surface area contributed by atoms with Gasteiger partial charge in [0.1, 0.15) is 0 Å². The molecular weight excluding hydrogens is 344 g/mol. The number of nitrogens with one attached hydrogen (secondary N) is 2. The first-order valence-corrected chi connectivity index (χ1v) is 9.73. The number of aryl methyl sites for hydroxylation is 2. The molecule has 26 heavy (non-hydrogen) atoms. The summed E-state index contributed by atoms with van der Waals surface area (Å²) in [6, 6.07) is 14.0. The number of benzene rings is 2. The first-order valence-electron chi connectivity index (χ1n) is 9.35. The molecule has 0 saturated carbocycles. The maximum atomic E-state index is 12.6. The first-order chi connectivity index (χ1) is 12.5. The fourth-order valence-electron chi connectivity index (χ4n) is 3.41. The molecule has 0 heterocycles. The molecule has 0 aliphatic carbocycles. The zero-order chi connectivity index (χ0) is 19.2. The van der Waals surface area contributed by atoms with Crippen molar-refractivity contribution in [2.75, 3.05) is 11.9 Å². The van der Waals surface area contributed by atoms with Crippen molar-refractivity contribution in [3.63, 3.8) is 0 Å². The monoisotopic (exact) mass is 372 g/mol. The van der Waals surface area contributed by atoms with E-state index in [-0.39, 0.29) is 18.0 Å². The highest BCUT2D eigenvalue weighted by Crippen LogP contribution is 2.29. The normalized spacial score (nSPS) is 11.4. The van der Waals surface area contributed by atoms with Gasteiger partial charge in [-0.25, -0.2) is 0 Å². The van der Waals surface area contributed by atoms with Crippen LogP contribution in [0.15, 0.2) is 42.5 Å². The van der Waals surface area contributed by atoms with Gasteiger partial charge in [0.05, 0.1) is 6.54 Å². The molecule has 140 valence electrons. The predicted molar refractivity (Wildman–Crippen MR) is 111 cm³/mol. The van der Waals surface area contributed by atoms with Gasteiger partial charge in [0.2, 0.25) is 5.91 Å². The van der Waals surface area contributed by atoms with Gasteiger partial charge in [0, 0.05) is 16.2 Å². The van der Waals surface area contributed by atoms with E-state index in [4.69, 9.17) is 11.6 Å². The minimum Gasteiger partial charge on any atom is -0.324 e. The van der Waals surface area contributed by atoms with Gasteiger partial charge in [0.15, 0.2) is 0 Å². The third-order valence-electron chi connectivity index (χ3n) is 5.20. The number of para-hydroxylation sites is 1. The van der Waals surface area contributed by atoms with Gasteiger partial charge >= 0.3 is 0 Å². The molecule has 1 amide bonds. The Morgan fingerprint density at radius 1 is 1.04 bits per heavy atom. The van der Waals surface area contributed by atoms with Gasteiger partial charge in [-0.2, -0.15) is 0 Å². The van der Waals surface area contributed by atoms with Crippen molar-refractivity contribution >= 4 is 23.2 Å². The van der Waals surface area contributed by atoms with Crippen LogP contribution in [-0.2, 0) is 16.8 Å². The number of hydrogen-bond acceptors (Lipinski definition) is 2. The summed E-state index contributed by atoms with van der Waals surface area (Å²) in [4.78, 5) is 12.6. The van der Waals surface area contributed by atoms with Crippen molar-refractivity contribution < 1.29 is 4.79 Å². The topological polar surface area (TPSA) is 41.1 Å². The summed E-state index contributed by atoms with van der Waals surface area (Å²) in [5.41, 5.74) is 4.11. The number of rotatable bonds is 8. The van der Waals surface area contributed by atoms with Crippen LogP contribution in [0.5, 0.6) is 0 Å². The smallest absolute Gasteiger partial charge is 0.238 e. The molecule has 0 spiro atoms. The lowest BCUT2D eigenvalue weighted by molar-refractivity contribution is -0.115. The largest absolute Gasteiger partial charge is 0.324 e. The molecule has 0 saturated heterocycles. The van der Waals surface area contributed by atoms with Crippen molar-refractivity contribution in [2.24, 2.45) is 0 Å².